The Bertz CT molecular complexity index is 257. The van der Waals surface area contributed by atoms with Crippen LogP contribution in [0.1, 0.15) is 51.9 Å². The van der Waals surface area contributed by atoms with Gasteiger partial charge in [0.15, 0.2) is 0 Å². The molecule has 0 radical (unpaired) electrons. The molecule has 0 aliphatic heterocycles. The number of rotatable bonds is 5. The summed E-state index contributed by atoms with van der Waals surface area (Å²) in [5.74, 6) is 3.57. The van der Waals surface area contributed by atoms with Gasteiger partial charge < -0.3 is 10.6 Å². The van der Waals surface area contributed by atoms with Crippen molar-refractivity contribution in [2.75, 3.05) is 14.1 Å². The van der Waals surface area contributed by atoms with Gasteiger partial charge in [-0.2, -0.15) is 0 Å². The third-order valence-electron chi connectivity index (χ3n) is 4.56. The molecule has 2 N–H and O–H groups in total. The Kier molecular flexibility index (Phi) is 5.49. The van der Waals surface area contributed by atoms with Crippen LogP contribution in [0.4, 0.5) is 0 Å². The second-order valence-electron chi connectivity index (χ2n) is 5.88. The molecule has 2 nitrogen and oxygen atoms in total. The van der Waals surface area contributed by atoms with Crippen LogP contribution in [-0.2, 0) is 0 Å². The van der Waals surface area contributed by atoms with Crippen LogP contribution in [0.3, 0.4) is 0 Å². The van der Waals surface area contributed by atoms with Gasteiger partial charge in [0.1, 0.15) is 0 Å². The lowest BCUT2D eigenvalue weighted by Crippen LogP contribution is -2.58. The second-order valence-corrected chi connectivity index (χ2v) is 5.88. The SMILES string of the molecule is C#CCCCC(N)C1(N(C)C)CCC(C)CC1. The van der Waals surface area contributed by atoms with E-state index >= 15 is 0 Å². The largest absolute Gasteiger partial charge is 0.326 e. The fourth-order valence-corrected chi connectivity index (χ4v) is 3.10. The zero-order valence-corrected chi connectivity index (χ0v) is 11.7. The number of likely N-dealkylation sites (N-methyl/N-ethyl adjacent to an activating group) is 1. The Labute approximate surface area is 107 Å². The fourth-order valence-electron chi connectivity index (χ4n) is 3.10. The van der Waals surface area contributed by atoms with Gasteiger partial charge in [-0.05, 0) is 58.5 Å². The summed E-state index contributed by atoms with van der Waals surface area (Å²) in [4.78, 5) is 2.36. The number of terminal acetylenes is 1. The van der Waals surface area contributed by atoms with Crippen molar-refractivity contribution in [2.24, 2.45) is 11.7 Å². The Morgan fingerprint density at radius 2 is 2.00 bits per heavy atom. The number of nitrogens with zero attached hydrogens (tertiary/aromatic N) is 1. The summed E-state index contributed by atoms with van der Waals surface area (Å²) in [7, 11) is 4.36. The minimum absolute atomic E-state index is 0.209. The van der Waals surface area contributed by atoms with Crippen molar-refractivity contribution in [3.05, 3.63) is 0 Å². The molecular formula is C15H28N2. The predicted octanol–water partition coefficient (Wildman–Crippen LogP) is 2.63. The number of hydrogen-bond donors (Lipinski definition) is 1. The Balaban J connectivity index is 2.61. The number of nitrogens with two attached hydrogens (primary N) is 1. The van der Waals surface area contributed by atoms with Gasteiger partial charge in [0, 0.05) is 18.0 Å². The Morgan fingerprint density at radius 1 is 1.41 bits per heavy atom. The molecule has 1 unspecified atom stereocenters. The standard InChI is InChI=1S/C15H28N2/c1-5-6-7-8-14(16)15(17(3)4)11-9-13(2)10-12-15/h1,13-14H,6-12,16H2,2-4H3. The highest BCUT2D eigenvalue weighted by atomic mass is 15.2. The van der Waals surface area contributed by atoms with E-state index < -0.39 is 0 Å². The van der Waals surface area contributed by atoms with Crippen LogP contribution in [0.25, 0.3) is 0 Å². The number of unbranched alkanes of at least 4 members (excludes halogenated alkanes) is 1. The highest BCUT2D eigenvalue weighted by Gasteiger charge is 2.40. The van der Waals surface area contributed by atoms with E-state index in [0.717, 1.165) is 25.2 Å². The summed E-state index contributed by atoms with van der Waals surface area (Å²) < 4.78 is 0. The van der Waals surface area contributed by atoms with Gasteiger partial charge in [0.05, 0.1) is 0 Å². The molecule has 0 aromatic heterocycles. The van der Waals surface area contributed by atoms with Crippen LogP contribution >= 0.6 is 0 Å². The maximum Gasteiger partial charge on any atom is 0.0354 e. The molecule has 1 rings (SSSR count). The van der Waals surface area contributed by atoms with Gasteiger partial charge in [-0.1, -0.05) is 6.92 Å². The van der Waals surface area contributed by atoms with Gasteiger partial charge in [-0.25, -0.2) is 0 Å². The van der Waals surface area contributed by atoms with E-state index in [1.54, 1.807) is 0 Å². The maximum absolute atomic E-state index is 6.46. The summed E-state index contributed by atoms with van der Waals surface area (Å²) in [6.07, 6.45) is 13.4. The van der Waals surface area contributed by atoms with E-state index in [-0.39, 0.29) is 11.6 Å². The summed E-state index contributed by atoms with van der Waals surface area (Å²) in [5, 5.41) is 0. The zero-order chi connectivity index (χ0) is 12.9. The van der Waals surface area contributed by atoms with Crippen molar-refractivity contribution in [1.29, 1.82) is 0 Å². The predicted molar refractivity (Wildman–Crippen MR) is 74.7 cm³/mol. The topological polar surface area (TPSA) is 29.3 Å². The highest BCUT2D eigenvalue weighted by Crippen LogP contribution is 2.38. The van der Waals surface area contributed by atoms with Crippen LogP contribution in [0.5, 0.6) is 0 Å². The highest BCUT2D eigenvalue weighted by molar-refractivity contribution is 5.00. The molecule has 0 spiro atoms. The van der Waals surface area contributed by atoms with Crippen molar-refractivity contribution in [3.63, 3.8) is 0 Å². The smallest absolute Gasteiger partial charge is 0.0354 e. The fraction of sp³-hybridized carbons (Fsp3) is 0.867. The Morgan fingerprint density at radius 3 is 2.47 bits per heavy atom. The molecule has 0 bridgehead atoms. The normalized spacial score (nSPS) is 31.2. The summed E-state index contributed by atoms with van der Waals surface area (Å²) in [5.41, 5.74) is 6.67. The Hall–Kier alpha value is -0.520. The molecule has 1 atom stereocenters. The van der Waals surface area contributed by atoms with Crippen molar-refractivity contribution in [1.82, 2.24) is 4.90 Å². The van der Waals surface area contributed by atoms with Crippen molar-refractivity contribution >= 4 is 0 Å². The van der Waals surface area contributed by atoms with Gasteiger partial charge in [-0.15, -0.1) is 12.3 Å². The minimum atomic E-state index is 0.209. The van der Waals surface area contributed by atoms with Crippen molar-refractivity contribution in [2.45, 2.75) is 63.5 Å². The average Bonchev–Trinajstić information content (AvgIpc) is 2.30. The van der Waals surface area contributed by atoms with E-state index in [4.69, 9.17) is 12.2 Å². The molecule has 0 aromatic carbocycles. The first-order valence-corrected chi connectivity index (χ1v) is 6.89. The lowest BCUT2D eigenvalue weighted by atomic mass is 9.71. The molecular weight excluding hydrogens is 208 g/mol. The molecule has 0 aromatic rings. The van der Waals surface area contributed by atoms with Gasteiger partial charge >= 0.3 is 0 Å². The van der Waals surface area contributed by atoms with E-state index in [0.29, 0.717) is 0 Å². The maximum atomic E-state index is 6.46. The van der Waals surface area contributed by atoms with Crippen LogP contribution < -0.4 is 5.73 Å². The first-order valence-electron chi connectivity index (χ1n) is 6.89. The van der Waals surface area contributed by atoms with Crippen molar-refractivity contribution in [3.8, 4) is 12.3 Å². The molecule has 1 aliphatic rings. The molecule has 2 heteroatoms. The van der Waals surface area contributed by atoms with E-state index in [9.17, 15) is 0 Å². The third kappa shape index (κ3) is 3.47. The molecule has 17 heavy (non-hydrogen) atoms. The second kappa shape index (κ2) is 6.42. The van der Waals surface area contributed by atoms with Crippen LogP contribution in [0, 0.1) is 18.3 Å². The summed E-state index contributed by atoms with van der Waals surface area (Å²) >= 11 is 0. The molecule has 1 saturated carbocycles. The molecule has 1 aliphatic carbocycles. The first kappa shape index (κ1) is 14.5. The lowest BCUT2D eigenvalue weighted by molar-refractivity contribution is 0.0535. The monoisotopic (exact) mass is 236 g/mol. The minimum Gasteiger partial charge on any atom is -0.326 e. The van der Waals surface area contributed by atoms with Gasteiger partial charge in [0.25, 0.3) is 0 Å². The van der Waals surface area contributed by atoms with Crippen molar-refractivity contribution < 1.29 is 0 Å². The molecule has 0 saturated heterocycles. The summed E-state index contributed by atoms with van der Waals surface area (Å²) in [6.45, 7) is 2.35. The van der Waals surface area contributed by atoms with E-state index in [1.165, 1.54) is 25.7 Å². The average molecular weight is 236 g/mol. The van der Waals surface area contributed by atoms with Crippen LogP contribution in [0.2, 0.25) is 0 Å². The third-order valence-corrected chi connectivity index (χ3v) is 4.56. The molecule has 98 valence electrons. The zero-order valence-electron chi connectivity index (χ0n) is 11.7. The quantitative estimate of drug-likeness (QED) is 0.587. The van der Waals surface area contributed by atoms with Crippen LogP contribution in [0.15, 0.2) is 0 Å². The number of hydrogen-bond acceptors (Lipinski definition) is 2. The molecule has 1 fully saturated rings. The summed E-state index contributed by atoms with van der Waals surface area (Å²) in [6, 6.07) is 0.262. The van der Waals surface area contributed by atoms with Gasteiger partial charge in [0.2, 0.25) is 0 Å². The van der Waals surface area contributed by atoms with Gasteiger partial charge in [-0.3, -0.25) is 0 Å². The van der Waals surface area contributed by atoms with E-state index in [1.807, 2.05) is 0 Å². The van der Waals surface area contributed by atoms with E-state index in [2.05, 4.69) is 31.8 Å². The lowest BCUT2D eigenvalue weighted by Gasteiger charge is -2.48. The molecule has 0 heterocycles. The first-order chi connectivity index (χ1) is 8.03. The molecule has 0 amide bonds. The van der Waals surface area contributed by atoms with Crippen LogP contribution in [-0.4, -0.2) is 30.6 Å².